The first-order chi connectivity index (χ1) is 12.2. The minimum absolute atomic E-state index is 0. The Labute approximate surface area is 175 Å². The first kappa shape index (κ1) is 23.0. The number of hydrogen-bond acceptors (Lipinski definition) is 3. The number of halogens is 1. The SMILES string of the molecule is CCCOc1cccc(CCN=C(NCC)NC2CCC(O)CC2)c1.I. The minimum Gasteiger partial charge on any atom is -0.494 e. The molecule has 0 amide bonds. The number of aliphatic hydroxyl groups is 1. The number of ether oxygens (including phenoxy) is 1. The summed E-state index contributed by atoms with van der Waals surface area (Å²) in [5.41, 5.74) is 1.24. The molecule has 0 saturated heterocycles. The van der Waals surface area contributed by atoms with Crippen molar-refractivity contribution >= 4 is 29.9 Å². The normalized spacial score (nSPS) is 20.2. The maximum absolute atomic E-state index is 9.62. The molecule has 0 atom stereocenters. The summed E-state index contributed by atoms with van der Waals surface area (Å²) in [5, 5.41) is 16.4. The van der Waals surface area contributed by atoms with Gasteiger partial charge in [0.15, 0.2) is 5.96 Å². The Morgan fingerprint density at radius 2 is 2.00 bits per heavy atom. The summed E-state index contributed by atoms with van der Waals surface area (Å²) in [7, 11) is 0. The molecule has 6 heteroatoms. The minimum atomic E-state index is -0.125. The maximum atomic E-state index is 9.62. The Hall–Kier alpha value is -1.02. The van der Waals surface area contributed by atoms with Crippen LogP contribution in [0.4, 0.5) is 0 Å². The largest absolute Gasteiger partial charge is 0.494 e. The monoisotopic (exact) mass is 475 g/mol. The Morgan fingerprint density at radius 3 is 2.69 bits per heavy atom. The fraction of sp³-hybridized carbons (Fsp3) is 0.650. The highest BCUT2D eigenvalue weighted by Crippen LogP contribution is 2.18. The lowest BCUT2D eigenvalue weighted by Gasteiger charge is -2.27. The molecular formula is C20H34IN3O2. The van der Waals surface area contributed by atoms with Gasteiger partial charge < -0.3 is 20.5 Å². The second kappa shape index (κ2) is 13.2. The Morgan fingerprint density at radius 1 is 1.23 bits per heavy atom. The van der Waals surface area contributed by atoms with Crippen molar-refractivity contribution in [3.05, 3.63) is 29.8 Å². The number of nitrogens with one attached hydrogen (secondary N) is 2. The molecule has 0 heterocycles. The summed E-state index contributed by atoms with van der Waals surface area (Å²) in [6, 6.07) is 8.68. The van der Waals surface area contributed by atoms with E-state index in [0.717, 1.165) is 69.9 Å². The number of aliphatic imine (C=N–C) groups is 1. The van der Waals surface area contributed by atoms with Crippen molar-refractivity contribution in [3.63, 3.8) is 0 Å². The molecular weight excluding hydrogens is 441 g/mol. The Bertz CT molecular complexity index is 532. The van der Waals surface area contributed by atoms with Gasteiger partial charge in [0.1, 0.15) is 5.75 Å². The van der Waals surface area contributed by atoms with Gasteiger partial charge in [-0.1, -0.05) is 19.1 Å². The molecule has 0 aromatic heterocycles. The fourth-order valence-corrected chi connectivity index (χ4v) is 3.04. The number of rotatable bonds is 8. The number of benzene rings is 1. The van der Waals surface area contributed by atoms with Crippen LogP contribution in [-0.2, 0) is 6.42 Å². The van der Waals surface area contributed by atoms with Gasteiger partial charge in [0.25, 0.3) is 0 Å². The van der Waals surface area contributed by atoms with Crippen LogP contribution in [0.1, 0.15) is 51.5 Å². The highest BCUT2D eigenvalue weighted by atomic mass is 127. The van der Waals surface area contributed by atoms with Crippen molar-refractivity contribution in [2.24, 2.45) is 4.99 Å². The summed E-state index contributed by atoms with van der Waals surface area (Å²) in [6.45, 7) is 6.53. The molecule has 1 saturated carbocycles. The number of aliphatic hydroxyl groups excluding tert-OH is 1. The molecule has 5 nitrogen and oxygen atoms in total. The van der Waals surface area contributed by atoms with Gasteiger partial charge in [0.2, 0.25) is 0 Å². The van der Waals surface area contributed by atoms with Crippen LogP contribution in [0, 0.1) is 0 Å². The molecule has 0 aliphatic heterocycles. The number of guanidine groups is 1. The molecule has 148 valence electrons. The van der Waals surface area contributed by atoms with Gasteiger partial charge in [-0.15, -0.1) is 24.0 Å². The van der Waals surface area contributed by atoms with Crippen molar-refractivity contribution in [2.45, 2.75) is 64.5 Å². The smallest absolute Gasteiger partial charge is 0.191 e. The summed E-state index contributed by atoms with van der Waals surface area (Å²) in [6.07, 6.45) is 5.54. The van der Waals surface area contributed by atoms with Crippen LogP contribution in [0.5, 0.6) is 5.75 Å². The van der Waals surface area contributed by atoms with Crippen LogP contribution in [0.2, 0.25) is 0 Å². The topological polar surface area (TPSA) is 65.9 Å². The average Bonchev–Trinajstić information content (AvgIpc) is 2.62. The molecule has 0 unspecified atom stereocenters. The third-order valence-electron chi connectivity index (χ3n) is 4.42. The zero-order valence-electron chi connectivity index (χ0n) is 16.0. The fourth-order valence-electron chi connectivity index (χ4n) is 3.04. The van der Waals surface area contributed by atoms with Crippen LogP contribution in [0.25, 0.3) is 0 Å². The van der Waals surface area contributed by atoms with Gasteiger partial charge in [0.05, 0.1) is 12.7 Å². The standard InChI is InChI=1S/C20H33N3O2.HI/c1-3-14-25-19-7-5-6-16(15-19)12-13-22-20(21-4-2)23-17-8-10-18(24)11-9-17;/h5-7,15,17-18,24H,3-4,8-14H2,1-2H3,(H2,21,22,23);1H. The molecule has 3 N–H and O–H groups in total. The van der Waals surface area contributed by atoms with E-state index in [1.54, 1.807) is 0 Å². The summed E-state index contributed by atoms with van der Waals surface area (Å²) in [4.78, 5) is 4.70. The van der Waals surface area contributed by atoms with E-state index in [1.807, 2.05) is 12.1 Å². The lowest BCUT2D eigenvalue weighted by atomic mass is 9.93. The third-order valence-corrected chi connectivity index (χ3v) is 4.42. The van der Waals surface area contributed by atoms with Crippen molar-refractivity contribution in [1.29, 1.82) is 0 Å². The van der Waals surface area contributed by atoms with Crippen molar-refractivity contribution in [2.75, 3.05) is 19.7 Å². The summed E-state index contributed by atoms with van der Waals surface area (Å²) >= 11 is 0. The van der Waals surface area contributed by atoms with E-state index in [4.69, 9.17) is 9.73 Å². The molecule has 1 aliphatic rings. The lowest BCUT2D eigenvalue weighted by molar-refractivity contribution is 0.120. The van der Waals surface area contributed by atoms with Crippen LogP contribution in [0.15, 0.2) is 29.3 Å². The van der Waals surface area contributed by atoms with E-state index in [9.17, 15) is 5.11 Å². The Kier molecular flexibility index (Phi) is 11.7. The predicted molar refractivity (Wildman–Crippen MR) is 119 cm³/mol. The van der Waals surface area contributed by atoms with Crippen molar-refractivity contribution in [1.82, 2.24) is 10.6 Å². The van der Waals surface area contributed by atoms with Crippen molar-refractivity contribution in [3.8, 4) is 5.75 Å². The summed E-state index contributed by atoms with van der Waals surface area (Å²) in [5.74, 6) is 1.82. The quantitative estimate of drug-likeness (QED) is 0.306. The van der Waals surface area contributed by atoms with E-state index in [-0.39, 0.29) is 30.1 Å². The molecule has 1 aliphatic carbocycles. The highest BCUT2D eigenvalue weighted by Gasteiger charge is 2.19. The van der Waals surface area contributed by atoms with Gasteiger partial charge in [0, 0.05) is 19.1 Å². The van der Waals surface area contributed by atoms with E-state index in [0.29, 0.717) is 6.04 Å². The van der Waals surface area contributed by atoms with E-state index >= 15 is 0 Å². The van der Waals surface area contributed by atoms with Gasteiger partial charge >= 0.3 is 0 Å². The molecule has 0 radical (unpaired) electrons. The van der Waals surface area contributed by atoms with Crippen LogP contribution < -0.4 is 15.4 Å². The maximum Gasteiger partial charge on any atom is 0.191 e. The van der Waals surface area contributed by atoms with Crippen LogP contribution >= 0.6 is 24.0 Å². The second-order valence-corrected chi connectivity index (χ2v) is 6.66. The average molecular weight is 475 g/mol. The van der Waals surface area contributed by atoms with E-state index in [1.165, 1.54) is 5.56 Å². The first-order valence-electron chi connectivity index (χ1n) is 9.66. The van der Waals surface area contributed by atoms with Gasteiger partial charge in [-0.3, -0.25) is 4.99 Å². The summed E-state index contributed by atoms with van der Waals surface area (Å²) < 4.78 is 5.69. The zero-order chi connectivity index (χ0) is 17.9. The van der Waals surface area contributed by atoms with Crippen LogP contribution in [0.3, 0.4) is 0 Å². The molecule has 1 aromatic rings. The lowest BCUT2D eigenvalue weighted by Crippen LogP contribution is -2.45. The third kappa shape index (κ3) is 8.58. The molecule has 0 spiro atoms. The zero-order valence-corrected chi connectivity index (χ0v) is 18.4. The first-order valence-corrected chi connectivity index (χ1v) is 9.66. The van der Waals surface area contributed by atoms with Crippen molar-refractivity contribution < 1.29 is 9.84 Å². The van der Waals surface area contributed by atoms with Gasteiger partial charge in [-0.2, -0.15) is 0 Å². The predicted octanol–water partition coefficient (Wildman–Crippen LogP) is 3.49. The molecule has 2 rings (SSSR count). The molecule has 1 aromatic carbocycles. The number of nitrogens with zero attached hydrogens (tertiary/aromatic N) is 1. The van der Waals surface area contributed by atoms with Crippen LogP contribution in [-0.4, -0.2) is 42.9 Å². The highest BCUT2D eigenvalue weighted by molar-refractivity contribution is 14.0. The van der Waals surface area contributed by atoms with E-state index < -0.39 is 0 Å². The molecule has 1 fully saturated rings. The van der Waals surface area contributed by atoms with E-state index in [2.05, 4.69) is 36.6 Å². The second-order valence-electron chi connectivity index (χ2n) is 6.66. The van der Waals surface area contributed by atoms with Gasteiger partial charge in [-0.05, 0) is 63.1 Å². The molecule has 26 heavy (non-hydrogen) atoms. The molecule has 0 bridgehead atoms. The van der Waals surface area contributed by atoms with Gasteiger partial charge in [-0.25, -0.2) is 0 Å². The Balaban J connectivity index is 0.00000338. The number of hydrogen-bond donors (Lipinski definition) is 3.